The minimum Gasteiger partial charge on any atom is -0.373 e. The van der Waals surface area contributed by atoms with Gasteiger partial charge in [0, 0.05) is 42.7 Å². The van der Waals surface area contributed by atoms with Gasteiger partial charge in [0.05, 0.1) is 24.4 Å². The van der Waals surface area contributed by atoms with Gasteiger partial charge in [0.15, 0.2) is 6.29 Å². The zero-order chi connectivity index (χ0) is 39.8. The summed E-state index contributed by atoms with van der Waals surface area (Å²) < 4.78 is 20.6. The Hall–Kier alpha value is -1.71. The SMILES string of the molecule is CC(C)=NNCCCCCCCCCC1O[C@H](OC(C)C)C(CCCCCCCCNN=C(C)C)C(CCCCCCCCNN=C(C)C)[C@@H]1OC(C)C. The molecule has 0 aromatic carbocycles. The molecule has 9 nitrogen and oxygen atoms in total. The maximum absolute atomic E-state index is 7.01. The third-order valence-corrected chi connectivity index (χ3v) is 10.2. The molecule has 0 saturated carbocycles. The van der Waals surface area contributed by atoms with Crippen LogP contribution >= 0.6 is 0 Å². The van der Waals surface area contributed by atoms with Gasteiger partial charge >= 0.3 is 0 Å². The van der Waals surface area contributed by atoms with Crippen molar-refractivity contribution in [2.75, 3.05) is 19.6 Å². The fourth-order valence-electron chi connectivity index (χ4n) is 7.59. The van der Waals surface area contributed by atoms with Crippen LogP contribution in [0.3, 0.4) is 0 Å². The van der Waals surface area contributed by atoms with Crippen molar-refractivity contribution >= 4 is 17.1 Å². The first-order valence-electron chi connectivity index (χ1n) is 22.7. The second kappa shape index (κ2) is 33.4. The monoisotopic (exact) mass is 763 g/mol. The number of rotatable bonds is 35. The lowest BCUT2D eigenvalue weighted by Gasteiger charge is -2.48. The summed E-state index contributed by atoms with van der Waals surface area (Å²) in [5.41, 5.74) is 12.8. The van der Waals surface area contributed by atoms with Crippen molar-refractivity contribution in [3.63, 3.8) is 0 Å². The van der Waals surface area contributed by atoms with Gasteiger partial charge in [0.1, 0.15) is 0 Å². The van der Waals surface area contributed by atoms with E-state index in [9.17, 15) is 0 Å². The number of unbranched alkanes of at least 4 members (excludes halogenated alkanes) is 16. The maximum atomic E-state index is 7.01. The third-order valence-electron chi connectivity index (χ3n) is 10.2. The van der Waals surface area contributed by atoms with Gasteiger partial charge in [0.25, 0.3) is 0 Å². The van der Waals surface area contributed by atoms with Crippen LogP contribution in [-0.4, -0.2) is 67.5 Å². The predicted octanol–water partition coefficient (Wildman–Crippen LogP) is 11.7. The van der Waals surface area contributed by atoms with Gasteiger partial charge in [-0.2, -0.15) is 15.3 Å². The van der Waals surface area contributed by atoms with Gasteiger partial charge < -0.3 is 30.5 Å². The zero-order valence-corrected chi connectivity index (χ0v) is 37.3. The van der Waals surface area contributed by atoms with Crippen LogP contribution in [0, 0.1) is 11.8 Å². The highest BCUT2D eigenvalue weighted by atomic mass is 16.7. The molecule has 0 aromatic heterocycles. The molecule has 1 rings (SSSR count). The molecule has 0 amide bonds. The Morgan fingerprint density at radius 2 is 0.778 bits per heavy atom. The standard InChI is InChI=1S/C45H90N6O3/c1-36(2)49-46-33-27-21-15-11-12-20-26-32-43-44(52-39(7)8)41(30-24-18-13-16-22-28-34-47-50-37(3)4)42(45(54-43)53-40(9)10)31-25-19-14-17-23-29-35-48-51-38(5)6/h39-48H,11-35H2,1-10H3/t41?,42?,43?,44-,45-/m0/s1. The first-order chi connectivity index (χ1) is 26.0. The first kappa shape index (κ1) is 50.3. The lowest BCUT2D eigenvalue weighted by atomic mass is 9.75. The average molecular weight is 763 g/mol. The van der Waals surface area contributed by atoms with E-state index in [1.165, 1.54) is 128 Å². The van der Waals surface area contributed by atoms with Crippen molar-refractivity contribution in [3.05, 3.63) is 0 Å². The van der Waals surface area contributed by atoms with E-state index in [0.717, 1.165) is 49.6 Å². The lowest BCUT2D eigenvalue weighted by molar-refractivity contribution is -0.292. The fraction of sp³-hybridized carbons (Fsp3) is 0.933. The Kier molecular flexibility index (Phi) is 31.1. The van der Waals surface area contributed by atoms with E-state index in [2.05, 4.69) is 59.3 Å². The molecule has 318 valence electrons. The lowest BCUT2D eigenvalue weighted by Crippen LogP contribution is -2.54. The highest BCUT2D eigenvalue weighted by Gasteiger charge is 2.46. The minimum atomic E-state index is -0.142. The molecule has 1 saturated heterocycles. The van der Waals surface area contributed by atoms with Crippen LogP contribution in [0.4, 0.5) is 0 Å². The molecule has 1 heterocycles. The molecule has 5 atom stereocenters. The van der Waals surface area contributed by atoms with Crippen molar-refractivity contribution in [2.24, 2.45) is 27.1 Å². The summed E-state index contributed by atoms with van der Waals surface area (Å²) in [6.07, 6.45) is 27.8. The Morgan fingerprint density at radius 1 is 0.444 bits per heavy atom. The molecule has 0 radical (unpaired) electrons. The van der Waals surface area contributed by atoms with Gasteiger partial charge in [-0.1, -0.05) is 103 Å². The average Bonchev–Trinajstić information content (AvgIpc) is 3.09. The molecular weight excluding hydrogens is 673 g/mol. The van der Waals surface area contributed by atoms with E-state index in [0.29, 0.717) is 11.8 Å². The van der Waals surface area contributed by atoms with E-state index in [4.69, 9.17) is 14.2 Å². The Bertz CT molecular complexity index is 959. The number of ether oxygens (including phenoxy) is 3. The Morgan fingerprint density at radius 3 is 1.15 bits per heavy atom. The van der Waals surface area contributed by atoms with E-state index < -0.39 is 0 Å². The van der Waals surface area contributed by atoms with Crippen LogP contribution in [0.15, 0.2) is 15.3 Å². The number of nitrogens with zero attached hydrogens (tertiary/aromatic N) is 3. The van der Waals surface area contributed by atoms with Crippen LogP contribution in [0.25, 0.3) is 0 Å². The smallest absolute Gasteiger partial charge is 0.161 e. The molecule has 1 aliphatic rings. The second-order valence-corrected chi connectivity index (χ2v) is 17.2. The molecule has 0 aromatic rings. The highest BCUT2D eigenvalue weighted by molar-refractivity contribution is 5.79. The first-order valence-corrected chi connectivity index (χ1v) is 22.7. The summed E-state index contributed by atoms with van der Waals surface area (Å²) in [5, 5.41) is 12.9. The van der Waals surface area contributed by atoms with Gasteiger partial charge in [-0.05, 0) is 114 Å². The van der Waals surface area contributed by atoms with Crippen LogP contribution in [-0.2, 0) is 14.2 Å². The van der Waals surface area contributed by atoms with Crippen molar-refractivity contribution in [2.45, 2.75) is 241 Å². The third kappa shape index (κ3) is 27.8. The summed E-state index contributed by atoms with van der Waals surface area (Å²) >= 11 is 0. The number of hydrazone groups is 3. The van der Waals surface area contributed by atoms with Crippen LogP contribution in [0.2, 0.25) is 0 Å². The summed E-state index contributed by atoms with van der Waals surface area (Å²) in [5.74, 6) is 0.846. The van der Waals surface area contributed by atoms with Crippen molar-refractivity contribution < 1.29 is 14.2 Å². The topological polar surface area (TPSA) is 101 Å². The highest BCUT2D eigenvalue weighted by Crippen LogP contribution is 2.42. The molecular formula is C45H90N6O3. The van der Waals surface area contributed by atoms with E-state index in [1.54, 1.807) is 0 Å². The van der Waals surface area contributed by atoms with Crippen LogP contribution < -0.4 is 16.3 Å². The Balaban J connectivity index is 2.81. The van der Waals surface area contributed by atoms with Gasteiger partial charge in [-0.3, -0.25) is 0 Å². The number of hydrogen-bond donors (Lipinski definition) is 3. The fourth-order valence-corrected chi connectivity index (χ4v) is 7.59. The zero-order valence-electron chi connectivity index (χ0n) is 37.3. The van der Waals surface area contributed by atoms with E-state index in [-0.39, 0.29) is 30.7 Å². The Labute approximate surface area is 334 Å². The van der Waals surface area contributed by atoms with E-state index >= 15 is 0 Å². The maximum Gasteiger partial charge on any atom is 0.161 e. The molecule has 3 N–H and O–H groups in total. The molecule has 0 bridgehead atoms. The largest absolute Gasteiger partial charge is 0.373 e. The van der Waals surface area contributed by atoms with Crippen molar-refractivity contribution in [1.29, 1.82) is 0 Å². The number of nitrogens with one attached hydrogen (secondary N) is 3. The van der Waals surface area contributed by atoms with Gasteiger partial charge in [0.2, 0.25) is 0 Å². The molecule has 1 fully saturated rings. The quantitative estimate of drug-likeness (QED) is 0.0338. The molecule has 9 heteroatoms. The predicted molar refractivity (Wildman–Crippen MR) is 234 cm³/mol. The second-order valence-electron chi connectivity index (χ2n) is 17.2. The summed E-state index contributed by atoms with van der Waals surface area (Å²) in [6.45, 7) is 23.9. The summed E-state index contributed by atoms with van der Waals surface area (Å²) in [6, 6.07) is 0. The van der Waals surface area contributed by atoms with Crippen molar-refractivity contribution in [3.8, 4) is 0 Å². The minimum absolute atomic E-state index is 0.0995. The van der Waals surface area contributed by atoms with Crippen LogP contribution in [0.1, 0.15) is 210 Å². The summed E-state index contributed by atoms with van der Waals surface area (Å²) in [4.78, 5) is 0. The molecule has 3 unspecified atom stereocenters. The summed E-state index contributed by atoms with van der Waals surface area (Å²) in [7, 11) is 0. The molecule has 0 spiro atoms. The van der Waals surface area contributed by atoms with Crippen molar-refractivity contribution in [1.82, 2.24) is 16.3 Å². The van der Waals surface area contributed by atoms with E-state index in [1.807, 2.05) is 41.5 Å². The van der Waals surface area contributed by atoms with Crippen LogP contribution in [0.5, 0.6) is 0 Å². The number of hydrogen-bond acceptors (Lipinski definition) is 9. The van der Waals surface area contributed by atoms with Gasteiger partial charge in [-0.25, -0.2) is 0 Å². The normalized spacial score (nSPS) is 19.9. The van der Waals surface area contributed by atoms with Gasteiger partial charge in [-0.15, -0.1) is 0 Å². The molecule has 54 heavy (non-hydrogen) atoms. The molecule has 0 aliphatic carbocycles. The molecule has 1 aliphatic heterocycles.